The molecule has 2 fully saturated rings. The topological polar surface area (TPSA) is 52.6 Å². The van der Waals surface area contributed by atoms with Gasteiger partial charge >= 0.3 is 0 Å². The second-order valence-electron chi connectivity index (χ2n) is 5.38. The standard InChI is InChI=1S/C13H24N2O2/c1-10(14-11-6-5-7-12(11)16)13(17)15-8-3-2-4-9-15/h10-12,14,16H,2-9H2,1H3/t10?,11-,12-/m0/s1. The molecule has 1 aliphatic heterocycles. The molecule has 1 unspecified atom stereocenters. The Bertz CT molecular complexity index is 264. The van der Waals surface area contributed by atoms with Gasteiger partial charge in [0.05, 0.1) is 12.1 Å². The fourth-order valence-corrected chi connectivity index (χ4v) is 2.92. The largest absolute Gasteiger partial charge is 0.392 e. The van der Waals surface area contributed by atoms with E-state index in [1.165, 1.54) is 6.42 Å². The maximum atomic E-state index is 12.2. The minimum Gasteiger partial charge on any atom is -0.392 e. The van der Waals surface area contributed by atoms with Crippen molar-refractivity contribution in [3.05, 3.63) is 0 Å². The molecule has 0 radical (unpaired) electrons. The van der Waals surface area contributed by atoms with E-state index in [0.717, 1.165) is 45.2 Å². The second-order valence-corrected chi connectivity index (χ2v) is 5.38. The van der Waals surface area contributed by atoms with Gasteiger partial charge in [-0.15, -0.1) is 0 Å². The highest BCUT2D eigenvalue weighted by molar-refractivity contribution is 5.81. The number of nitrogens with one attached hydrogen (secondary N) is 1. The predicted octanol–water partition coefficient (Wildman–Crippen LogP) is 0.890. The zero-order valence-corrected chi connectivity index (χ0v) is 10.7. The molecule has 17 heavy (non-hydrogen) atoms. The Kier molecular flexibility index (Phi) is 4.40. The summed E-state index contributed by atoms with van der Waals surface area (Å²) in [6.07, 6.45) is 6.14. The lowest BCUT2D eigenvalue weighted by Crippen LogP contribution is -2.51. The number of carbonyl (C=O) groups excluding carboxylic acids is 1. The number of piperidine rings is 1. The Labute approximate surface area is 103 Å². The lowest BCUT2D eigenvalue weighted by atomic mass is 10.1. The molecule has 4 heteroatoms. The Morgan fingerprint density at radius 3 is 2.53 bits per heavy atom. The van der Waals surface area contributed by atoms with Gasteiger partial charge < -0.3 is 15.3 Å². The molecule has 1 heterocycles. The monoisotopic (exact) mass is 240 g/mol. The molecule has 2 aliphatic rings. The lowest BCUT2D eigenvalue weighted by molar-refractivity contribution is -0.134. The summed E-state index contributed by atoms with van der Waals surface area (Å²) in [6, 6.07) is -0.0513. The molecule has 3 atom stereocenters. The SMILES string of the molecule is CC(N[C@H]1CCC[C@@H]1O)C(=O)N1CCCCC1. The van der Waals surface area contributed by atoms with Crippen molar-refractivity contribution in [1.29, 1.82) is 0 Å². The molecule has 1 saturated heterocycles. The highest BCUT2D eigenvalue weighted by Crippen LogP contribution is 2.19. The van der Waals surface area contributed by atoms with Crippen molar-refractivity contribution in [2.24, 2.45) is 0 Å². The van der Waals surface area contributed by atoms with E-state index in [1.54, 1.807) is 0 Å². The molecule has 2 rings (SSSR count). The highest BCUT2D eigenvalue weighted by atomic mass is 16.3. The van der Waals surface area contributed by atoms with Crippen LogP contribution in [-0.2, 0) is 4.79 Å². The number of aliphatic hydroxyl groups excluding tert-OH is 1. The molecule has 1 saturated carbocycles. The van der Waals surface area contributed by atoms with Crippen molar-refractivity contribution in [2.75, 3.05) is 13.1 Å². The first kappa shape index (κ1) is 12.8. The minimum atomic E-state index is -0.272. The number of aliphatic hydroxyl groups is 1. The normalized spacial score (nSPS) is 31.5. The van der Waals surface area contributed by atoms with Crippen LogP contribution < -0.4 is 5.32 Å². The number of hydrogen-bond donors (Lipinski definition) is 2. The van der Waals surface area contributed by atoms with Crippen LogP contribution in [0.2, 0.25) is 0 Å². The van der Waals surface area contributed by atoms with E-state index in [0.29, 0.717) is 0 Å². The third-order valence-electron chi connectivity index (χ3n) is 3.98. The quantitative estimate of drug-likeness (QED) is 0.770. The van der Waals surface area contributed by atoms with Gasteiger partial charge in [-0.25, -0.2) is 0 Å². The molecule has 4 nitrogen and oxygen atoms in total. The maximum absolute atomic E-state index is 12.2. The first-order valence-electron chi connectivity index (χ1n) is 6.91. The van der Waals surface area contributed by atoms with Gasteiger partial charge in [-0.2, -0.15) is 0 Å². The summed E-state index contributed by atoms with van der Waals surface area (Å²) in [5.74, 6) is 0.198. The van der Waals surface area contributed by atoms with Crippen LogP contribution in [0.25, 0.3) is 0 Å². The molecule has 1 amide bonds. The van der Waals surface area contributed by atoms with Gasteiger partial charge in [0.1, 0.15) is 0 Å². The first-order chi connectivity index (χ1) is 8.18. The number of rotatable bonds is 3. The molecule has 98 valence electrons. The van der Waals surface area contributed by atoms with E-state index < -0.39 is 0 Å². The van der Waals surface area contributed by atoms with Gasteiger partial charge in [-0.1, -0.05) is 0 Å². The molecular formula is C13H24N2O2. The third kappa shape index (κ3) is 3.19. The van der Waals surface area contributed by atoms with Crippen LogP contribution in [0, 0.1) is 0 Å². The van der Waals surface area contributed by atoms with Crippen molar-refractivity contribution in [3.63, 3.8) is 0 Å². The average Bonchev–Trinajstić information content (AvgIpc) is 2.75. The summed E-state index contributed by atoms with van der Waals surface area (Å²) in [5.41, 5.74) is 0. The number of hydrogen-bond acceptors (Lipinski definition) is 3. The first-order valence-corrected chi connectivity index (χ1v) is 6.91. The number of nitrogens with zero attached hydrogens (tertiary/aromatic N) is 1. The molecule has 0 aromatic carbocycles. The smallest absolute Gasteiger partial charge is 0.239 e. The predicted molar refractivity (Wildman–Crippen MR) is 66.7 cm³/mol. The van der Waals surface area contributed by atoms with Gasteiger partial charge in [0.15, 0.2) is 0 Å². The van der Waals surface area contributed by atoms with Crippen LogP contribution in [0.4, 0.5) is 0 Å². The van der Waals surface area contributed by atoms with E-state index >= 15 is 0 Å². The van der Waals surface area contributed by atoms with Gasteiger partial charge in [0.25, 0.3) is 0 Å². The Morgan fingerprint density at radius 2 is 1.94 bits per heavy atom. The summed E-state index contributed by atoms with van der Waals surface area (Å²) in [4.78, 5) is 14.1. The van der Waals surface area contributed by atoms with E-state index in [1.807, 2.05) is 11.8 Å². The Hall–Kier alpha value is -0.610. The second kappa shape index (κ2) is 5.83. The van der Waals surface area contributed by atoms with Gasteiger partial charge in [-0.05, 0) is 45.4 Å². The van der Waals surface area contributed by atoms with Gasteiger partial charge in [0.2, 0.25) is 5.91 Å². The van der Waals surface area contributed by atoms with Crippen molar-refractivity contribution in [3.8, 4) is 0 Å². The lowest BCUT2D eigenvalue weighted by Gasteiger charge is -2.31. The molecule has 0 aromatic rings. The van der Waals surface area contributed by atoms with E-state index in [-0.39, 0.29) is 24.1 Å². The summed E-state index contributed by atoms with van der Waals surface area (Å²) in [6.45, 7) is 3.72. The molecule has 1 aliphatic carbocycles. The number of carbonyl (C=O) groups is 1. The fraction of sp³-hybridized carbons (Fsp3) is 0.923. The van der Waals surface area contributed by atoms with Crippen molar-refractivity contribution in [2.45, 2.75) is 63.6 Å². The zero-order chi connectivity index (χ0) is 12.3. The summed E-state index contributed by atoms with van der Waals surface area (Å²) < 4.78 is 0. The van der Waals surface area contributed by atoms with Crippen LogP contribution in [0.5, 0.6) is 0 Å². The summed E-state index contributed by atoms with van der Waals surface area (Å²) in [5, 5.41) is 13.0. The van der Waals surface area contributed by atoms with Crippen molar-refractivity contribution in [1.82, 2.24) is 10.2 Å². The van der Waals surface area contributed by atoms with Crippen LogP contribution >= 0.6 is 0 Å². The molecule has 0 bridgehead atoms. The van der Waals surface area contributed by atoms with E-state index in [2.05, 4.69) is 5.32 Å². The molecule has 0 spiro atoms. The fourth-order valence-electron chi connectivity index (χ4n) is 2.92. The van der Waals surface area contributed by atoms with Crippen LogP contribution in [0.15, 0.2) is 0 Å². The van der Waals surface area contributed by atoms with Crippen LogP contribution in [0.1, 0.15) is 45.4 Å². The Morgan fingerprint density at radius 1 is 1.24 bits per heavy atom. The number of amides is 1. The summed E-state index contributed by atoms with van der Waals surface area (Å²) in [7, 11) is 0. The van der Waals surface area contributed by atoms with E-state index in [9.17, 15) is 9.90 Å². The van der Waals surface area contributed by atoms with E-state index in [4.69, 9.17) is 0 Å². The summed E-state index contributed by atoms with van der Waals surface area (Å²) >= 11 is 0. The molecule has 2 N–H and O–H groups in total. The molecular weight excluding hydrogens is 216 g/mol. The van der Waals surface area contributed by atoms with Gasteiger partial charge in [0, 0.05) is 19.1 Å². The highest BCUT2D eigenvalue weighted by Gasteiger charge is 2.29. The average molecular weight is 240 g/mol. The maximum Gasteiger partial charge on any atom is 0.239 e. The van der Waals surface area contributed by atoms with Crippen LogP contribution in [-0.4, -0.2) is 47.2 Å². The van der Waals surface area contributed by atoms with Crippen molar-refractivity contribution < 1.29 is 9.90 Å². The van der Waals surface area contributed by atoms with Crippen LogP contribution in [0.3, 0.4) is 0 Å². The molecule has 0 aromatic heterocycles. The van der Waals surface area contributed by atoms with Crippen molar-refractivity contribution >= 4 is 5.91 Å². The zero-order valence-electron chi connectivity index (χ0n) is 10.7. The number of likely N-dealkylation sites (tertiary alicyclic amines) is 1. The van der Waals surface area contributed by atoms with Gasteiger partial charge in [-0.3, -0.25) is 4.79 Å². The minimum absolute atomic E-state index is 0.110. The third-order valence-corrected chi connectivity index (χ3v) is 3.98. The Balaban J connectivity index is 1.81.